The first-order chi connectivity index (χ1) is 5.79. The molecule has 0 aliphatic heterocycles. The standard InChI is InChI=1S/C10H11BrO/c1-3-8-6-5-7-9(10(8)11)12-4-2/h3,5-7H,1,4H2,2H3. The Hall–Kier alpha value is -0.760. The van der Waals surface area contributed by atoms with Crippen LogP contribution in [0.25, 0.3) is 6.08 Å². The Morgan fingerprint density at radius 1 is 1.58 bits per heavy atom. The van der Waals surface area contributed by atoms with Crippen LogP contribution in [0.5, 0.6) is 5.75 Å². The molecule has 64 valence electrons. The van der Waals surface area contributed by atoms with Crippen LogP contribution >= 0.6 is 15.9 Å². The summed E-state index contributed by atoms with van der Waals surface area (Å²) in [5, 5.41) is 0. The molecule has 0 heterocycles. The first-order valence-corrected chi connectivity index (χ1v) is 4.62. The molecule has 0 bridgehead atoms. The van der Waals surface area contributed by atoms with Gasteiger partial charge in [-0.2, -0.15) is 0 Å². The van der Waals surface area contributed by atoms with Crippen LogP contribution in [0.4, 0.5) is 0 Å². The molecule has 0 aliphatic carbocycles. The third kappa shape index (κ3) is 1.89. The molecule has 12 heavy (non-hydrogen) atoms. The highest BCUT2D eigenvalue weighted by atomic mass is 79.9. The smallest absolute Gasteiger partial charge is 0.134 e. The molecule has 2 heteroatoms. The van der Waals surface area contributed by atoms with Gasteiger partial charge >= 0.3 is 0 Å². The van der Waals surface area contributed by atoms with Crippen LogP contribution in [0.1, 0.15) is 12.5 Å². The Morgan fingerprint density at radius 2 is 2.33 bits per heavy atom. The van der Waals surface area contributed by atoms with Gasteiger partial charge in [0.05, 0.1) is 11.1 Å². The number of halogens is 1. The van der Waals surface area contributed by atoms with E-state index in [1.165, 1.54) is 0 Å². The maximum atomic E-state index is 5.38. The molecule has 0 saturated carbocycles. The Bertz CT molecular complexity index is 281. The van der Waals surface area contributed by atoms with Crippen LogP contribution in [-0.4, -0.2) is 6.61 Å². The second kappa shape index (κ2) is 4.31. The predicted molar refractivity (Wildman–Crippen MR) is 55.4 cm³/mol. The van der Waals surface area contributed by atoms with Crippen molar-refractivity contribution in [2.75, 3.05) is 6.61 Å². The minimum Gasteiger partial charge on any atom is -0.493 e. The van der Waals surface area contributed by atoms with Crippen molar-refractivity contribution in [1.29, 1.82) is 0 Å². The van der Waals surface area contributed by atoms with Gasteiger partial charge < -0.3 is 4.74 Å². The first kappa shape index (κ1) is 9.33. The van der Waals surface area contributed by atoms with Gasteiger partial charge in [-0.15, -0.1) is 0 Å². The lowest BCUT2D eigenvalue weighted by molar-refractivity contribution is 0.338. The molecule has 1 rings (SSSR count). The van der Waals surface area contributed by atoms with E-state index in [1.54, 1.807) is 6.08 Å². The largest absolute Gasteiger partial charge is 0.493 e. The zero-order valence-electron chi connectivity index (χ0n) is 7.01. The number of rotatable bonds is 3. The second-order valence-electron chi connectivity index (χ2n) is 2.30. The summed E-state index contributed by atoms with van der Waals surface area (Å²) in [6.07, 6.45) is 1.80. The summed E-state index contributed by atoms with van der Waals surface area (Å²) in [6.45, 7) is 6.35. The minimum absolute atomic E-state index is 0.680. The quantitative estimate of drug-likeness (QED) is 0.767. The molecule has 0 atom stereocenters. The van der Waals surface area contributed by atoms with Gasteiger partial charge in [-0.3, -0.25) is 0 Å². The van der Waals surface area contributed by atoms with Gasteiger partial charge in [0.1, 0.15) is 5.75 Å². The van der Waals surface area contributed by atoms with E-state index in [9.17, 15) is 0 Å². The maximum Gasteiger partial charge on any atom is 0.134 e. The average Bonchev–Trinajstić information content (AvgIpc) is 2.09. The van der Waals surface area contributed by atoms with Crippen LogP contribution in [0, 0.1) is 0 Å². The summed E-state index contributed by atoms with van der Waals surface area (Å²) < 4.78 is 6.36. The SMILES string of the molecule is C=Cc1cccc(OCC)c1Br. The molecule has 0 fully saturated rings. The lowest BCUT2D eigenvalue weighted by Gasteiger charge is -2.06. The van der Waals surface area contributed by atoms with E-state index in [0.29, 0.717) is 6.61 Å². The highest BCUT2D eigenvalue weighted by Gasteiger charge is 2.02. The summed E-state index contributed by atoms with van der Waals surface area (Å²) >= 11 is 3.45. The van der Waals surface area contributed by atoms with E-state index in [-0.39, 0.29) is 0 Å². The minimum atomic E-state index is 0.680. The topological polar surface area (TPSA) is 9.23 Å². The molecule has 0 saturated heterocycles. The molecular formula is C10H11BrO. The van der Waals surface area contributed by atoms with Crippen molar-refractivity contribution in [3.8, 4) is 5.75 Å². The molecule has 0 radical (unpaired) electrons. The fourth-order valence-electron chi connectivity index (χ4n) is 0.952. The molecule has 0 aromatic heterocycles. The van der Waals surface area contributed by atoms with Gasteiger partial charge in [-0.25, -0.2) is 0 Å². The number of ether oxygens (including phenoxy) is 1. The lowest BCUT2D eigenvalue weighted by atomic mass is 10.2. The van der Waals surface area contributed by atoms with E-state index >= 15 is 0 Å². The molecule has 0 spiro atoms. The molecule has 0 aliphatic rings. The Balaban J connectivity index is 3.04. The van der Waals surface area contributed by atoms with Crippen molar-refractivity contribution in [3.63, 3.8) is 0 Å². The molecule has 1 nitrogen and oxygen atoms in total. The summed E-state index contributed by atoms with van der Waals surface area (Å²) in [7, 11) is 0. The summed E-state index contributed by atoms with van der Waals surface area (Å²) in [5.41, 5.74) is 1.06. The number of benzene rings is 1. The van der Waals surface area contributed by atoms with E-state index in [0.717, 1.165) is 15.8 Å². The Kier molecular flexibility index (Phi) is 3.35. The van der Waals surface area contributed by atoms with Crippen molar-refractivity contribution < 1.29 is 4.74 Å². The van der Waals surface area contributed by atoms with Gasteiger partial charge in [-0.05, 0) is 34.5 Å². The fraction of sp³-hybridized carbons (Fsp3) is 0.200. The lowest BCUT2D eigenvalue weighted by Crippen LogP contribution is -1.92. The van der Waals surface area contributed by atoms with Crippen molar-refractivity contribution in [2.45, 2.75) is 6.92 Å². The second-order valence-corrected chi connectivity index (χ2v) is 3.09. The van der Waals surface area contributed by atoms with Gasteiger partial charge in [0.25, 0.3) is 0 Å². The molecular weight excluding hydrogens is 216 g/mol. The van der Waals surface area contributed by atoms with Crippen LogP contribution in [0.2, 0.25) is 0 Å². The van der Waals surface area contributed by atoms with Crippen molar-refractivity contribution in [3.05, 3.63) is 34.8 Å². The molecule has 0 unspecified atom stereocenters. The van der Waals surface area contributed by atoms with Gasteiger partial charge in [0, 0.05) is 0 Å². The third-order valence-corrected chi connectivity index (χ3v) is 2.36. The number of hydrogen-bond acceptors (Lipinski definition) is 1. The monoisotopic (exact) mass is 226 g/mol. The molecule has 1 aromatic rings. The van der Waals surface area contributed by atoms with E-state index in [1.807, 2.05) is 25.1 Å². The van der Waals surface area contributed by atoms with Gasteiger partial charge in [0.2, 0.25) is 0 Å². The van der Waals surface area contributed by atoms with Crippen LogP contribution in [0.3, 0.4) is 0 Å². The van der Waals surface area contributed by atoms with E-state index in [2.05, 4.69) is 22.5 Å². The van der Waals surface area contributed by atoms with Crippen LogP contribution in [-0.2, 0) is 0 Å². The maximum absolute atomic E-state index is 5.38. The van der Waals surface area contributed by atoms with Gasteiger partial charge in [0.15, 0.2) is 0 Å². The van der Waals surface area contributed by atoms with E-state index < -0.39 is 0 Å². The summed E-state index contributed by atoms with van der Waals surface area (Å²) in [5.74, 6) is 0.870. The summed E-state index contributed by atoms with van der Waals surface area (Å²) in [4.78, 5) is 0. The predicted octanol–water partition coefficient (Wildman–Crippen LogP) is 3.49. The van der Waals surface area contributed by atoms with Crippen molar-refractivity contribution >= 4 is 22.0 Å². The molecule has 1 aromatic carbocycles. The van der Waals surface area contributed by atoms with Crippen molar-refractivity contribution in [1.82, 2.24) is 0 Å². The van der Waals surface area contributed by atoms with Crippen LogP contribution in [0.15, 0.2) is 29.3 Å². The average molecular weight is 227 g/mol. The fourth-order valence-corrected chi connectivity index (χ4v) is 1.49. The normalized spacial score (nSPS) is 9.50. The van der Waals surface area contributed by atoms with Crippen molar-refractivity contribution in [2.24, 2.45) is 0 Å². The molecule has 0 N–H and O–H groups in total. The van der Waals surface area contributed by atoms with Crippen LogP contribution < -0.4 is 4.74 Å². The van der Waals surface area contributed by atoms with E-state index in [4.69, 9.17) is 4.74 Å². The highest BCUT2D eigenvalue weighted by molar-refractivity contribution is 9.10. The van der Waals surface area contributed by atoms with Gasteiger partial charge in [-0.1, -0.05) is 24.8 Å². The Morgan fingerprint density at radius 3 is 2.92 bits per heavy atom. The third-order valence-electron chi connectivity index (χ3n) is 1.51. The Labute approximate surface area is 81.2 Å². The molecule has 0 amide bonds. The zero-order chi connectivity index (χ0) is 8.97. The number of hydrogen-bond donors (Lipinski definition) is 0. The highest BCUT2D eigenvalue weighted by Crippen LogP contribution is 2.28. The first-order valence-electron chi connectivity index (χ1n) is 3.83. The zero-order valence-corrected chi connectivity index (χ0v) is 8.60. The summed E-state index contributed by atoms with van der Waals surface area (Å²) in [6, 6.07) is 5.87.